The molecule has 0 unspecified atom stereocenters. The van der Waals surface area contributed by atoms with Gasteiger partial charge in [0.25, 0.3) is 5.69 Å². The van der Waals surface area contributed by atoms with E-state index in [1.54, 1.807) is 17.1 Å². The average Bonchev–Trinajstić information content (AvgIpc) is 3.34. The Labute approximate surface area is 171 Å². The predicted octanol–water partition coefficient (Wildman–Crippen LogP) is 3.19. The van der Waals surface area contributed by atoms with Crippen LogP contribution in [-0.2, 0) is 13.0 Å². The second-order valence-corrected chi connectivity index (χ2v) is 6.87. The van der Waals surface area contributed by atoms with Crippen molar-refractivity contribution in [1.82, 2.24) is 25.9 Å². The number of aromatic nitrogens is 2. The minimum Gasteiger partial charge on any atom is -0.299 e. The molecule has 0 atom stereocenters. The summed E-state index contributed by atoms with van der Waals surface area (Å²) in [6, 6.07) is 14.5. The molecule has 3 aromatic rings. The second kappa shape index (κ2) is 7.86. The monoisotopic (exact) mass is 409 g/mol. The lowest BCUT2D eigenvalue weighted by Crippen LogP contribution is -2.40. The minimum atomic E-state index is -0.414. The van der Waals surface area contributed by atoms with E-state index in [0.717, 1.165) is 23.2 Å². The summed E-state index contributed by atoms with van der Waals surface area (Å²) in [5.74, 6) is 0.636. The van der Waals surface area contributed by atoms with E-state index in [-0.39, 0.29) is 5.69 Å². The lowest BCUT2D eigenvalue weighted by molar-refractivity contribution is -0.384. The number of aromatic amines is 1. The number of amidine groups is 1. The molecular formula is C19H19N7O2S. The van der Waals surface area contributed by atoms with Crippen molar-refractivity contribution in [2.45, 2.75) is 19.9 Å². The van der Waals surface area contributed by atoms with Crippen LogP contribution in [0.5, 0.6) is 0 Å². The van der Waals surface area contributed by atoms with Crippen LogP contribution in [-0.4, -0.2) is 25.5 Å². The molecule has 0 aliphatic carbocycles. The molecule has 29 heavy (non-hydrogen) atoms. The Morgan fingerprint density at radius 1 is 1.17 bits per heavy atom. The third-order valence-corrected chi connectivity index (χ3v) is 5.12. The molecule has 1 aromatic heterocycles. The number of nitro benzene ring substituents is 1. The zero-order valence-corrected chi connectivity index (χ0v) is 16.4. The van der Waals surface area contributed by atoms with Gasteiger partial charge in [-0.2, -0.15) is 0 Å². The van der Waals surface area contributed by atoms with Gasteiger partial charge in [-0.25, -0.2) is 10.2 Å². The van der Waals surface area contributed by atoms with E-state index in [0.29, 0.717) is 17.0 Å². The molecular weight excluding hydrogens is 390 g/mol. The van der Waals surface area contributed by atoms with Crippen molar-refractivity contribution in [3.05, 3.63) is 86.2 Å². The molecule has 0 spiro atoms. The summed E-state index contributed by atoms with van der Waals surface area (Å²) >= 11 is 5.71. The van der Waals surface area contributed by atoms with Crippen LogP contribution in [0.1, 0.15) is 23.6 Å². The minimum absolute atomic E-state index is 0.0595. The highest BCUT2D eigenvalue weighted by atomic mass is 32.1. The van der Waals surface area contributed by atoms with E-state index in [1.165, 1.54) is 17.7 Å². The van der Waals surface area contributed by atoms with Crippen molar-refractivity contribution in [2.75, 3.05) is 0 Å². The van der Waals surface area contributed by atoms with E-state index >= 15 is 0 Å². The van der Waals surface area contributed by atoms with E-state index in [4.69, 9.17) is 12.2 Å². The zero-order chi connectivity index (χ0) is 20.4. The number of aryl methyl sites for hydroxylation is 1. The van der Waals surface area contributed by atoms with Crippen LogP contribution >= 0.6 is 12.2 Å². The summed E-state index contributed by atoms with van der Waals surface area (Å²) in [7, 11) is 0. The summed E-state index contributed by atoms with van der Waals surface area (Å²) in [5.41, 5.74) is 9.64. The van der Waals surface area contributed by atoms with Gasteiger partial charge in [-0.15, -0.1) is 10.6 Å². The van der Waals surface area contributed by atoms with Gasteiger partial charge in [0, 0.05) is 18.3 Å². The van der Waals surface area contributed by atoms with Crippen LogP contribution in [0.2, 0.25) is 0 Å². The van der Waals surface area contributed by atoms with Gasteiger partial charge in [0.2, 0.25) is 0 Å². The molecule has 0 fully saturated rings. The Kier molecular flexibility index (Phi) is 5.10. The molecule has 9 nitrogen and oxygen atoms in total. The molecule has 148 valence electrons. The Balaban J connectivity index is 1.60. The topological polar surface area (TPSA) is 104 Å². The fourth-order valence-corrected chi connectivity index (χ4v) is 3.52. The molecule has 0 amide bonds. The standard InChI is InChI=1S/C19H19N7O2S/c1-2-14-5-3-4-6-17(14)25-19(29)16(11-20-25)18-21-22-23-24(18)12-13-7-9-15(10-8-13)26(27)28/h3-11,20,22-23H,2,12H2,1H3. The summed E-state index contributed by atoms with van der Waals surface area (Å²) in [6.45, 7) is 2.56. The number of nitro groups is 1. The van der Waals surface area contributed by atoms with Crippen molar-refractivity contribution in [3.8, 4) is 5.69 Å². The number of hydrogen-bond acceptors (Lipinski definition) is 7. The maximum absolute atomic E-state index is 10.8. The van der Waals surface area contributed by atoms with E-state index in [1.807, 2.05) is 29.1 Å². The van der Waals surface area contributed by atoms with Crippen LogP contribution in [0.4, 0.5) is 5.69 Å². The molecule has 0 radical (unpaired) electrons. The molecule has 4 rings (SSSR count). The van der Waals surface area contributed by atoms with Gasteiger partial charge in [0.1, 0.15) is 4.64 Å². The van der Waals surface area contributed by atoms with Gasteiger partial charge >= 0.3 is 0 Å². The fraction of sp³-hybridized carbons (Fsp3) is 0.158. The number of hydrogen-bond donors (Lipinski definition) is 3. The van der Waals surface area contributed by atoms with Crippen molar-refractivity contribution in [2.24, 2.45) is 5.10 Å². The van der Waals surface area contributed by atoms with Crippen molar-refractivity contribution >= 4 is 23.7 Å². The highest BCUT2D eigenvalue weighted by Crippen LogP contribution is 2.19. The van der Waals surface area contributed by atoms with Gasteiger partial charge in [0.15, 0.2) is 5.84 Å². The van der Waals surface area contributed by atoms with E-state index < -0.39 is 4.92 Å². The molecule has 2 aromatic carbocycles. The summed E-state index contributed by atoms with van der Waals surface area (Å²) in [6.07, 6.45) is 2.72. The first-order valence-corrected chi connectivity index (χ1v) is 9.47. The Morgan fingerprint density at radius 2 is 1.93 bits per heavy atom. The molecule has 2 heterocycles. The second-order valence-electron chi connectivity index (χ2n) is 6.48. The van der Waals surface area contributed by atoms with Gasteiger partial charge in [-0.05, 0) is 23.6 Å². The third kappa shape index (κ3) is 3.62. The first-order chi connectivity index (χ1) is 14.1. The maximum Gasteiger partial charge on any atom is 0.269 e. The summed E-state index contributed by atoms with van der Waals surface area (Å²) in [5, 5.41) is 20.2. The first-order valence-electron chi connectivity index (χ1n) is 9.06. The Hall–Kier alpha value is -3.50. The molecule has 0 saturated heterocycles. The highest BCUT2D eigenvalue weighted by Gasteiger charge is 2.23. The smallest absolute Gasteiger partial charge is 0.269 e. The van der Waals surface area contributed by atoms with Crippen LogP contribution in [0.3, 0.4) is 0 Å². The Morgan fingerprint density at radius 3 is 2.66 bits per heavy atom. The number of para-hydroxylation sites is 1. The normalized spacial score (nSPS) is 13.3. The third-order valence-electron chi connectivity index (χ3n) is 4.72. The van der Waals surface area contributed by atoms with Gasteiger partial charge in [-0.1, -0.05) is 49.5 Å². The number of non-ortho nitro benzene ring substituents is 1. The summed E-state index contributed by atoms with van der Waals surface area (Å²) in [4.78, 5) is 10.4. The van der Waals surface area contributed by atoms with Crippen LogP contribution in [0, 0.1) is 14.8 Å². The number of H-pyrrole nitrogens is 1. The van der Waals surface area contributed by atoms with E-state index in [9.17, 15) is 10.1 Å². The highest BCUT2D eigenvalue weighted by molar-refractivity contribution is 7.71. The zero-order valence-electron chi connectivity index (χ0n) is 15.6. The fourth-order valence-electron chi connectivity index (χ4n) is 3.21. The molecule has 0 saturated carbocycles. The van der Waals surface area contributed by atoms with E-state index in [2.05, 4.69) is 34.3 Å². The van der Waals surface area contributed by atoms with Crippen molar-refractivity contribution in [1.29, 1.82) is 0 Å². The van der Waals surface area contributed by atoms with Crippen LogP contribution < -0.4 is 11.1 Å². The van der Waals surface area contributed by atoms with Crippen molar-refractivity contribution in [3.63, 3.8) is 0 Å². The first kappa shape index (κ1) is 18.8. The Bertz CT molecular complexity index is 1130. The molecule has 10 heteroatoms. The predicted molar refractivity (Wildman–Crippen MR) is 112 cm³/mol. The number of hydrazine groups is 2. The lowest BCUT2D eigenvalue weighted by Gasteiger charge is -2.18. The largest absolute Gasteiger partial charge is 0.299 e. The number of nitrogens with zero attached hydrogens (tertiary/aromatic N) is 4. The molecule has 0 bridgehead atoms. The van der Waals surface area contributed by atoms with Gasteiger partial charge in [-0.3, -0.25) is 20.2 Å². The average molecular weight is 409 g/mol. The number of rotatable bonds is 6. The van der Waals surface area contributed by atoms with Gasteiger partial charge in [0.05, 0.1) is 22.7 Å². The SMILES string of the molecule is CCc1ccccc1-n1[nH]cc(C2=NNNN2Cc2ccc([N+](=O)[O-])cc2)c1=S. The molecule has 1 aliphatic heterocycles. The quantitative estimate of drug-likeness (QED) is 0.328. The van der Waals surface area contributed by atoms with Gasteiger partial charge < -0.3 is 0 Å². The summed E-state index contributed by atoms with van der Waals surface area (Å²) < 4.78 is 2.48. The van der Waals surface area contributed by atoms with Crippen molar-refractivity contribution < 1.29 is 4.92 Å². The van der Waals surface area contributed by atoms with Crippen LogP contribution in [0.15, 0.2) is 59.8 Å². The molecule has 1 aliphatic rings. The number of nitrogens with one attached hydrogen (secondary N) is 3. The van der Waals surface area contributed by atoms with Crippen LogP contribution in [0.25, 0.3) is 5.69 Å². The maximum atomic E-state index is 10.8. The number of hydrazone groups is 1. The molecule has 3 N–H and O–H groups in total. The lowest BCUT2D eigenvalue weighted by atomic mass is 10.1. The number of benzene rings is 2.